The first-order valence-corrected chi connectivity index (χ1v) is 8.08. The molecule has 6 heteroatoms. The lowest BCUT2D eigenvalue weighted by Crippen LogP contribution is -2.16. The van der Waals surface area contributed by atoms with Crippen molar-refractivity contribution in [2.24, 2.45) is 5.41 Å². The maximum atomic E-state index is 11.7. The van der Waals surface area contributed by atoms with Crippen LogP contribution in [0.3, 0.4) is 0 Å². The van der Waals surface area contributed by atoms with Crippen LogP contribution in [0.1, 0.15) is 11.5 Å². The molecule has 96 valence electrons. The van der Waals surface area contributed by atoms with Gasteiger partial charge in [0.05, 0.1) is 17.9 Å². The number of halogens is 1. The predicted molar refractivity (Wildman–Crippen MR) is 70.6 cm³/mol. The van der Waals surface area contributed by atoms with Gasteiger partial charge in [0.2, 0.25) is 0 Å². The molecule has 1 fully saturated rings. The fourth-order valence-electron chi connectivity index (χ4n) is 2.53. The molecule has 1 aliphatic carbocycles. The van der Waals surface area contributed by atoms with Crippen LogP contribution >= 0.6 is 15.9 Å². The second-order valence-electron chi connectivity index (χ2n) is 4.59. The summed E-state index contributed by atoms with van der Waals surface area (Å²) in [6.45, 7) is -0.442. The van der Waals surface area contributed by atoms with Crippen LogP contribution in [0.15, 0.2) is 28.7 Å². The number of hydrogen-bond donors (Lipinski definition) is 1. The van der Waals surface area contributed by atoms with Crippen molar-refractivity contribution >= 4 is 25.8 Å². The normalized spacial score (nSPS) is 30.8. The van der Waals surface area contributed by atoms with Crippen LogP contribution in [0.5, 0.6) is 0 Å². The van der Waals surface area contributed by atoms with Gasteiger partial charge in [-0.1, -0.05) is 28.1 Å². The average molecular weight is 330 g/mol. The topological polar surface area (TPSA) is 78.2 Å². The van der Waals surface area contributed by atoms with Crippen LogP contribution < -0.4 is 0 Å². The van der Waals surface area contributed by atoms with Crippen molar-refractivity contribution in [1.82, 2.24) is 0 Å². The molecule has 0 unspecified atom stereocenters. The molecular weight excluding hydrogens is 318 g/mol. The summed E-state index contributed by atoms with van der Waals surface area (Å²) in [5.74, 6) is -0.449. The Hall–Kier alpha value is -0.900. The fourth-order valence-corrected chi connectivity index (χ4v) is 4.65. The number of nitriles is 1. The molecule has 1 aromatic rings. The first kappa shape index (κ1) is 13.5. The van der Waals surface area contributed by atoms with Crippen LogP contribution in [0, 0.1) is 16.7 Å². The standard InChI is InChI=1S/C12H12BrNO3S/c1-18(16,17)11-10(12(11,6-14)7-15)8-2-4-9(13)5-3-8/h2-5,10-11,15H,7H2,1H3/t10-,11-,12+/m1/s1. The molecule has 4 nitrogen and oxygen atoms in total. The smallest absolute Gasteiger partial charge is 0.152 e. The van der Waals surface area contributed by atoms with Gasteiger partial charge < -0.3 is 5.11 Å². The van der Waals surface area contributed by atoms with E-state index in [2.05, 4.69) is 15.9 Å². The van der Waals surface area contributed by atoms with E-state index in [9.17, 15) is 18.8 Å². The van der Waals surface area contributed by atoms with Crippen LogP contribution in [0.25, 0.3) is 0 Å². The zero-order valence-corrected chi connectivity index (χ0v) is 12.1. The first-order chi connectivity index (χ1) is 8.36. The molecule has 0 bridgehead atoms. The van der Waals surface area contributed by atoms with E-state index in [1.54, 1.807) is 24.3 Å². The molecule has 0 heterocycles. The van der Waals surface area contributed by atoms with Gasteiger partial charge in [-0.05, 0) is 17.7 Å². The highest BCUT2D eigenvalue weighted by Gasteiger charge is 2.70. The number of sulfone groups is 1. The van der Waals surface area contributed by atoms with Gasteiger partial charge in [-0.2, -0.15) is 5.26 Å². The zero-order valence-electron chi connectivity index (χ0n) is 9.67. The molecule has 0 amide bonds. The Kier molecular flexibility index (Phi) is 3.26. The van der Waals surface area contributed by atoms with Crippen LogP contribution in [-0.4, -0.2) is 31.6 Å². The van der Waals surface area contributed by atoms with Crippen molar-refractivity contribution < 1.29 is 13.5 Å². The van der Waals surface area contributed by atoms with Crippen LogP contribution in [0.4, 0.5) is 0 Å². The molecule has 0 aliphatic heterocycles. The summed E-state index contributed by atoms with van der Waals surface area (Å²) in [5, 5.41) is 17.8. The summed E-state index contributed by atoms with van der Waals surface area (Å²) in [5.41, 5.74) is -0.425. The predicted octanol–water partition coefficient (Wildman–Crippen LogP) is 1.46. The third kappa shape index (κ3) is 1.96. The number of benzene rings is 1. The molecule has 3 atom stereocenters. The minimum Gasteiger partial charge on any atom is -0.395 e. The lowest BCUT2D eigenvalue weighted by atomic mass is 10.0. The highest BCUT2D eigenvalue weighted by Crippen LogP contribution is 2.62. The zero-order chi connectivity index (χ0) is 13.6. The third-order valence-corrected chi connectivity index (χ3v) is 5.56. The Balaban J connectivity index is 2.46. The number of aliphatic hydroxyl groups is 1. The van der Waals surface area contributed by atoms with E-state index in [1.165, 1.54) is 0 Å². The van der Waals surface area contributed by atoms with E-state index >= 15 is 0 Å². The summed E-state index contributed by atoms with van der Waals surface area (Å²) in [6, 6.07) is 9.14. The quantitative estimate of drug-likeness (QED) is 0.910. The van der Waals surface area contributed by atoms with Crippen LogP contribution in [-0.2, 0) is 9.84 Å². The van der Waals surface area contributed by atoms with Crippen molar-refractivity contribution in [2.75, 3.05) is 12.9 Å². The molecule has 0 saturated heterocycles. The van der Waals surface area contributed by atoms with Crippen LogP contribution in [0.2, 0.25) is 0 Å². The van der Waals surface area contributed by atoms with Crippen molar-refractivity contribution in [2.45, 2.75) is 11.2 Å². The van der Waals surface area contributed by atoms with E-state index < -0.39 is 33.0 Å². The molecule has 1 N–H and O–H groups in total. The summed E-state index contributed by atoms with van der Waals surface area (Å²) in [6.07, 6.45) is 1.11. The van der Waals surface area contributed by atoms with E-state index in [4.69, 9.17) is 0 Å². The Morgan fingerprint density at radius 3 is 2.33 bits per heavy atom. The van der Waals surface area contributed by atoms with Crippen molar-refractivity contribution in [3.05, 3.63) is 34.3 Å². The third-order valence-electron chi connectivity index (χ3n) is 3.42. The van der Waals surface area contributed by atoms with Gasteiger partial charge >= 0.3 is 0 Å². The van der Waals surface area contributed by atoms with Crippen molar-refractivity contribution in [3.63, 3.8) is 0 Å². The SMILES string of the molecule is CS(=O)(=O)[C@@H]1[C@@H](c2ccc(Br)cc2)[C@]1(C#N)CO. The highest BCUT2D eigenvalue weighted by molar-refractivity contribution is 9.10. The second-order valence-corrected chi connectivity index (χ2v) is 7.67. The Labute approximate surface area is 114 Å². The first-order valence-electron chi connectivity index (χ1n) is 5.33. The number of rotatable bonds is 3. The molecular formula is C12H12BrNO3S. The molecule has 1 aromatic carbocycles. The molecule has 0 radical (unpaired) electrons. The molecule has 2 rings (SSSR count). The highest BCUT2D eigenvalue weighted by atomic mass is 79.9. The maximum absolute atomic E-state index is 11.7. The number of hydrogen-bond acceptors (Lipinski definition) is 4. The second kappa shape index (κ2) is 4.34. The fraction of sp³-hybridized carbons (Fsp3) is 0.417. The monoisotopic (exact) mass is 329 g/mol. The van der Waals surface area contributed by atoms with E-state index in [0.29, 0.717) is 0 Å². The number of nitrogens with zero attached hydrogens (tertiary/aromatic N) is 1. The molecule has 0 aromatic heterocycles. The summed E-state index contributed by atoms with van der Waals surface area (Å²) in [7, 11) is -3.36. The average Bonchev–Trinajstić information content (AvgIpc) is 3.00. The lowest BCUT2D eigenvalue weighted by Gasteiger charge is -2.03. The van der Waals surface area contributed by atoms with E-state index in [-0.39, 0.29) is 0 Å². The van der Waals surface area contributed by atoms with Gasteiger partial charge in [-0.15, -0.1) is 0 Å². The van der Waals surface area contributed by atoms with E-state index in [0.717, 1.165) is 16.3 Å². The molecule has 1 aliphatic rings. The van der Waals surface area contributed by atoms with Gasteiger partial charge in [0.25, 0.3) is 0 Å². The minimum atomic E-state index is -3.36. The largest absolute Gasteiger partial charge is 0.395 e. The minimum absolute atomic E-state index is 0.442. The summed E-state index contributed by atoms with van der Waals surface area (Å²) < 4.78 is 24.3. The van der Waals surface area contributed by atoms with Gasteiger partial charge in [0, 0.05) is 16.6 Å². The van der Waals surface area contributed by atoms with Crippen molar-refractivity contribution in [3.8, 4) is 6.07 Å². The Bertz CT molecular complexity index is 605. The Morgan fingerprint density at radius 1 is 1.44 bits per heavy atom. The Morgan fingerprint density at radius 2 is 2.00 bits per heavy atom. The number of aliphatic hydroxyl groups excluding tert-OH is 1. The van der Waals surface area contributed by atoms with Gasteiger partial charge in [0.1, 0.15) is 5.41 Å². The molecule has 18 heavy (non-hydrogen) atoms. The lowest BCUT2D eigenvalue weighted by molar-refractivity contribution is 0.242. The maximum Gasteiger partial charge on any atom is 0.152 e. The molecule has 0 spiro atoms. The van der Waals surface area contributed by atoms with Gasteiger partial charge in [-0.25, -0.2) is 8.42 Å². The summed E-state index contributed by atoms with van der Waals surface area (Å²) >= 11 is 3.30. The van der Waals surface area contributed by atoms with Gasteiger partial charge in [-0.3, -0.25) is 0 Å². The van der Waals surface area contributed by atoms with Crippen molar-refractivity contribution in [1.29, 1.82) is 5.26 Å². The molecule has 1 saturated carbocycles. The van der Waals surface area contributed by atoms with E-state index in [1.807, 2.05) is 6.07 Å². The van der Waals surface area contributed by atoms with Gasteiger partial charge in [0.15, 0.2) is 9.84 Å². The summed E-state index contributed by atoms with van der Waals surface area (Å²) in [4.78, 5) is 0.